The maximum absolute atomic E-state index is 13.4. The van der Waals surface area contributed by atoms with Crippen LogP contribution in [0.4, 0.5) is 11.8 Å². The SMILES string of the molecule is CN(C)c1nc(NC2CCC(NC(=O)C(C(=O)OCc3ccccc3)c3ccccc3)CC2)nc2ccccc12. The monoisotopic (exact) mass is 537 g/mol. The summed E-state index contributed by atoms with van der Waals surface area (Å²) in [6, 6.07) is 26.8. The molecule has 0 bridgehead atoms. The highest BCUT2D eigenvalue weighted by Gasteiger charge is 2.32. The number of rotatable bonds is 9. The fourth-order valence-electron chi connectivity index (χ4n) is 5.17. The van der Waals surface area contributed by atoms with E-state index in [1.165, 1.54) is 0 Å². The summed E-state index contributed by atoms with van der Waals surface area (Å²) in [4.78, 5) is 38.0. The second-order valence-electron chi connectivity index (χ2n) is 10.4. The highest BCUT2D eigenvalue weighted by atomic mass is 16.5. The molecule has 1 fully saturated rings. The van der Waals surface area contributed by atoms with E-state index in [0.717, 1.165) is 48.0 Å². The Balaban J connectivity index is 1.20. The fourth-order valence-corrected chi connectivity index (χ4v) is 5.17. The fraction of sp³-hybridized carbons (Fsp3) is 0.312. The second-order valence-corrected chi connectivity index (χ2v) is 10.4. The summed E-state index contributed by atoms with van der Waals surface area (Å²) >= 11 is 0. The maximum atomic E-state index is 13.4. The van der Waals surface area contributed by atoms with Crippen LogP contribution in [0.25, 0.3) is 10.9 Å². The van der Waals surface area contributed by atoms with Crippen LogP contribution < -0.4 is 15.5 Å². The molecule has 206 valence electrons. The van der Waals surface area contributed by atoms with Gasteiger partial charge in [-0.3, -0.25) is 9.59 Å². The number of aromatic nitrogens is 2. The molecule has 5 rings (SSSR count). The van der Waals surface area contributed by atoms with Crippen molar-refractivity contribution in [2.45, 2.75) is 50.3 Å². The molecule has 1 atom stereocenters. The van der Waals surface area contributed by atoms with Gasteiger partial charge in [-0.05, 0) is 48.9 Å². The first-order valence-electron chi connectivity index (χ1n) is 13.7. The molecule has 1 aliphatic carbocycles. The number of para-hydroxylation sites is 1. The van der Waals surface area contributed by atoms with Crippen LogP contribution in [0.1, 0.15) is 42.7 Å². The smallest absolute Gasteiger partial charge is 0.323 e. The van der Waals surface area contributed by atoms with Crippen molar-refractivity contribution in [3.05, 3.63) is 96.1 Å². The molecule has 0 saturated heterocycles. The number of nitrogens with zero attached hydrogens (tertiary/aromatic N) is 3. The Bertz CT molecular complexity index is 1440. The van der Waals surface area contributed by atoms with Crippen LogP contribution in [-0.4, -0.2) is 48.0 Å². The number of esters is 1. The van der Waals surface area contributed by atoms with E-state index < -0.39 is 11.9 Å². The number of hydrogen-bond donors (Lipinski definition) is 2. The number of benzene rings is 3. The minimum Gasteiger partial charge on any atom is -0.460 e. The number of fused-ring (bicyclic) bond motifs is 1. The molecule has 1 aliphatic rings. The lowest BCUT2D eigenvalue weighted by molar-refractivity contribution is -0.150. The Morgan fingerprint density at radius 3 is 2.17 bits per heavy atom. The molecule has 0 spiro atoms. The molecule has 8 nitrogen and oxygen atoms in total. The normalized spacial score (nSPS) is 17.6. The van der Waals surface area contributed by atoms with Crippen LogP contribution in [-0.2, 0) is 20.9 Å². The van der Waals surface area contributed by atoms with E-state index in [2.05, 4.69) is 10.6 Å². The van der Waals surface area contributed by atoms with Crippen molar-refractivity contribution in [1.82, 2.24) is 15.3 Å². The lowest BCUT2D eigenvalue weighted by atomic mass is 9.90. The Kier molecular flexibility index (Phi) is 8.54. The minimum atomic E-state index is -1.02. The van der Waals surface area contributed by atoms with Crippen LogP contribution in [0.15, 0.2) is 84.9 Å². The molecule has 1 aromatic heterocycles. The van der Waals surface area contributed by atoms with E-state index in [1.807, 2.05) is 91.8 Å². The van der Waals surface area contributed by atoms with Gasteiger partial charge in [-0.15, -0.1) is 0 Å². The minimum absolute atomic E-state index is 0.0199. The van der Waals surface area contributed by atoms with Gasteiger partial charge in [0, 0.05) is 31.6 Å². The number of carbonyl (C=O) groups is 2. The van der Waals surface area contributed by atoms with Gasteiger partial charge in [0.2, 0.25) is 11.9 Å². The summed E-state index contributed by atoms with van der Waals surface area (Å²) in [6.45, 7) is 0.124. The first-order chi connectivity index (χ1) is 19.5. The Morgan fingerprint density at radius 1 is 0.850 bits per heavy atom. The van der Waals surface area contributed by atoms with Gasteiger partial charge in [-0.1, -0.05) is 72.8 Å². The number of nitrogens with one attached hydrogen (secondary N) is 2. The van der Waals surface area contributed by atoms with Gasteiger partial charge in [0.25, 0.3) is 0 Å². The van der Waals surface area contributed by atoms with Gasteiger partial charge in [0.1, 0.15) is 12.4 Å². The number of ether oxygens (including phenoxy) is 1. The molecule has 1 unspecified atom stereocenters. The predicted octanol–water partition coefficient (Wildman–Crippen LogP) is 5.06. The largest absolute Gasteiger partial charge is 0.460 e. The van der Waals surface area contributed by atoms with E-state index >= 15 is 0 Å². The van der Waals surface area contributed by atoms with Gasteiger partial charge in [0.05, 0.1) is 5.52 Å². The van der Waals surface area contributed by atoms with E-state index in [1.54, 1.807) is 12.1 Å². The molecule has 0 radical (unpaired) electrons. The van der Waals surface area contributed by atoms with Crippen LogP contribution in [0.2, 0.25) is 0 Å². The summed E-state index contributed by atoms with van der Waals surface area (Å²) in [5, 5.41) is 7.64. The summed E-state index contributed by atoms with van der Waals surface area (Å²) in [6.07, 6.45) is 3.29. The highest BCUT2D eigenvalue weighted by molar-refractivity contribution is 6.03. The summed E-state index contributed by atoms with van der Waals surface area (Å²) < 4.78 is 5.57. The van der Waals surface area contributed by atoms with Crippen molar-refractivity contribution < 1.29 is 14.3 Å². The molecule has 2 N–H and O–H groups in total. The standard InChI is InChI=1S/C32H35N5O3/c1-37(2)29-26-15-9-10-16-27(26)35-32(36-29)34-25-19-17-24(18-20-25)33-30(38)28(23-13-7-4-8-14-23)31(39)40-21-22-11-5-3-6-12-22/h3-16,24-25,28H,17-21H2,1-2H3,(H,33,38)(H,34,35,36). The van der Waals surface area contributed by atoms with Crippen molar-refractivity contribution in [3.63, 3.8) is 0 Å². The van der Waals surface area contributed by atoms with E-state index in [4.69, 9.17) is 14.7 Å². The Morgan fingerprint density at radius 2 is 1.48 bits per heavy atom. The van der Waals surface area contributed by atoms with Crippen LogP contribution in [0.5, 0.6) is 0 Å². The number of carbonyl (C=O) groups excluding carboxylic acids is 2. The zero-order valence-electron chi connectivity index (χ0n) is 22.9. The predicted molar refractivity (Wildman–Crippen MR) is 157 cm³/mol. The third kappa shape index (κ3) is 6.57. The number of amides is 1. The van der Waals surface area contributed by atoms with Crippen LogP contribution >= 0.6 is 0 Å². The lowest BCUT2D eigenvalue weighted by Crippen LogP contribution is -2.44. The zero-order chi connectivity index (χ0) is 27.9. The third-order valence-electron chi connectivity index (χ3n) is 7.27. The van der Waals surface area contributed by atoms with Gasteiger partial charge in [-0.2, -0.15) is 4.98 Å². The second kappa shape index (κ2) is 12.6. The molecule has 1 saturated carbocycles. The Hall–Kier alpha value is -4.46. The topological polar surface area (TPSA) is 96.5 Å². The molecule has 1 amide bonds. The van der Waals surface area contributed by atoms with Gasteiger partial charge in [0.15, 0.2) is 5.92 Å². The Labute approximate surface area is 234 Å². The van der Waals surface area contributed by atoms with Crippen molar-refractivity contribution in [3.8, 4) is 0 Å². The third-order valence-corrected chi connectivity index (χ3v) is 7.27. The molecule has 8 heteroatoms. The van der Waals surface area contributed by atoms with Crippen molar-refractivity contribution >= 4 is 34.5 Å². The van der Waals surface area contributed by atoms with Gasteiger partial charge < -0.3 is 20.3 Å². The quantitative estimate of drug-likeness (QED) is 0.228. The molecule has 40 heavy (non-hydrogen) atoms. The van der Waals surface area contributed by atoms with Crippen LogP contribution in [0.3, 0.4) is 0 Å². The van der Waals surface area contributed by atoms with Crippen molar-refractivity contribution in [2.75, 3.05) is 24.3 Å². The van der Waals surface area contributed by atoms with E-state index in [9.17, 15) is 9.59 Å². The first-order valence-corrected chi connectivity index (χ1v) is 13.7. The number of hydrogen-bond acceptors (Lipinski definition) is 7. The maximum Gasteiger partial charge on any atom is 0.323 e. The van der Waals surface area contributed by atoms with Crippen molar-refractivity contribution in [1.29, 1.82) is 0 Å². The number of anilines is 2. The molecule has 1 heterocycles. The first kappa shape index (κ1) is 27.1. The molecule has 3 aromatic carbocycles. The van der Waals surface area contributed by atoms with Gasteiger partial charge in [-0.25, -0.2) is 4.98 Å². The molecule has 4 aromatic rings. The summed E-state index contributed by atoms with van der Waals surface area (Å²) in [5.74, 6) is -0.404. The van der Waals surface area contributed by atoms with Crippen LogP contribution in [0, 0.1) is 0 Å². The average molecular weight is 538 g/mol. The lowest BCUT2D eigenvalue weighted by Gasteiger charge is -2.30. The van der Waals surface area contributed by atoms with E-state index in [0.29, 0.717) is 11.5 Å². The summed E-state index contributed by atoms with van der Waals surface area (Å²) in [5.41, 5.74) is 2.40. The van der Waals surface area contributed by atoms with Gasteiger partial charge >= 0.3 is 5.97 Å². The zero-order valence-corrected chi connectivity index (χ0v) is 22.9. The molecule has 0 aliphatic heterocycles. The van der Waals surface area contributed by atoms with E-state index in [-0.39, 0.29) is 24.6 Å². The average Bonchev–Trinajstić information content (AvgIpc) is 2.98. The van der Waals surface area contributed by atoms with Crippen molar-refractivity contribution in [2.24, 2.45) is 0 Å². The summed E-state index contributed by atoms with van der Waals surface area (Å²) in [7, 11) is 3.96. The molecular formula is C32H35N5O3. The molecular weight excluding hydrogens is 502 g/mol. The highest BCUT2D eigenvalue weighted by Crippen LogP contribution is 2.27.